The Morgan fingerprint density at radius 1 is 1.36 bits per heavy atom. The highest BCUT2D eigenvalue weighted by Gasteiger charge is 2.13. The number of benzene rings is 1. The van der Waals surface area contributed by atoms with Gasteiger partial charge in [-0.25, -0.2) is 4.99 Å². The predicted molar refractivity (Wildman–Crippen MR) is 42.8 cm³/mol. The Morgan fingerprint density at radius 3 is 3.00 bits per heavy atom. The summed E-state index contributed by atoms with van der Waals surface area (Å²) in [5, 5.41) is 0. The Morgan fingerprint density at radius 2 is 2.18 bits per heavy atom. The highest BCUT2D eigenvalue weighted by Crippen LogP contribution is 2.16. The molecule has 1 aromatic carbocycles. The van der Waals surface area contributed by atoms with Crippen molar-refractivity contribution in [3.05, 3.63) is 29.3 Å². The first-order valence-electron chi connectivity index (χ1n) is 3.25. The molecular weight excluding hydrogens is 140 g/mol. The first-order valence-corrected chi connectivity index (χ1v) is 3.25. The van der Waals surface area contributed by atoms with E-state index in [4.69, 9.17) is 5.73 Å². The Hall–Kier alpha value is -1.64. The van der Waals surface area contributed by atoms with Gasteiger partial charge in [-0.1, -0.05) is 0 Å². The molecular formula is C8H6N2O. The molecule has 0 saturated carbocycles. The Labute approximate surface area is 63.6 Å². The van der Waals surface area contributed by atoms with Gasteiger partial charge >= 0.3 is 0 Å². The average molecular weight is 146 g/mol. The zero-order chi connectivity index (χ0) is 7.84. The van der Waals surface area contributed by atoms with Crippen molar-refractivity contribution in [3.8, 4) is 0 Å². The van der Waals surface area contributed by atoms with Crippen LogP contribution in [0.1, 0.15) is 15.9 Å². The standard InChI is InChI=1S/C8H6N2O/c9-6-1-2-7-5(3-6)4-10-8(7)11/h1-4H,9H2. The summed E-state index contributed by atoms with van der Waals surface area (Å²) in [6.07, 6.45) is 1.54. The monoisotopic (exact) mass is 146 g/mol. The van der Waals surface area contributed by atoms with E-state index < -0.39 is 0 Å². The van der Waals surface area contributed by atoms with Crippen LogP contribution >= 0.6 is 0 Å². The number of nitrogens with two attached hydrogens (primary N) is 1. The summed E-state index contributed by atoms with van der Waals surface area (Å²) in [4.78, 5) is 14.6. The lowest BCUT2D eigenvalue weighted by Gasteiger charge is -1.95. The minimum atomic E-state index is -0.181. The van der Waals surface area contributed by atoms with Gasteiger partial charge in [0.2, 0.25) is 0 Å². The van der Waals surface area contributed by atoms with Gasteiger partial charge in [0.05, 0.1) is 5.56 Å². The third-order valence-corrected chi connectivity index (χ3v) is 1.63. The Bertz CT molecular complexity index is 355. The van der Waals surface area contributed by atoms with Crippen molar-refractivity contribution < 1.29 is 4.79 Å². The zero-order valence-electron chi connectivity index (χ0n) is 5.74. The second-order valence-electron chi connectivity index (χ2n) is 2.41. The van der Waals surface area contributed by atoms with Gasteiger partial charge in [-0.3, -0.25) is 4.79 Å². The maximum absolute atomic E-state index is 10.9. The molecule has 0 saturated heterocycles. The molecule has 0 spiro atoms. The lowest BCUT2D eigenvalue weighted by atomic mass is 10.1. The minimum absolute atomic E-state index is 0.181. The average Bonchev–Trinajstić information content (AvgIpc) is 2.32. The van der Waals surface area contributed by atoms with Crippen molar-refractivity contribution in [1.29, 1.82) is 0 Å². The van der Waals surface area contributed by atoms with Crippen LogP contribution in [0.4, 0.5) is 5.69 Å². The van der Waals surface area contributed by atoms with E-state index in [1.165, 1.54) is 6.21 Å². The lowest BCUT2D eigenvalue weighted by molar-refractivity contribution is 0.101. The number of nitrogen functional groups attached to an aromatic ring is 1. The van der Waals surface area contributed by atoms with Crippen LogP contribution < -0.4 is 5.73 Å². The summed E-state index contributed by atoms with van der Waals surface area (Å²) in [6, 6.07) is 5.13. The summed E-state index contributed by atoms with van der Waals surface area (Å²) < 4.78 is 0. The van der Waals surface area contributed by atoms with E-state index in [9.17, 15) is 4.79 Å². The van der Waals surface area contributed by atoms with Crippen LogP contribution in [0.15, 0.2) is 23.2 Å². The smallest absolute Gasteiger partial charge is 0.277 e. The highest BCUT2D eigenvalue weighted by atomic mass is 16.1. The second-order valence-corrected chi connectivity index (χ2v) is 2.41. The van der Waals surface area contributed by atoms with Gasteiger partial charge in [0.15, 0.2) is 0 Å². The van der Waals surface area contributed by atoms with Crippen molar-refractivity contribution >= 4 is 17.8 Å². The fourth-order valence-electron chi connectivity index (χ4n) is 1.08. The van der Waals surface area contributed by atoms with Gasteiger partial charge in [0.25, 0.3) is 5.91 Å². The lowest BCUT2D eigenvalue weighted by Crippen LogP contribution is -1.93. The first-order chi connectivity index (χ1) is 5.27. The van der Waals surface area contributed by atoms with E-state index >= 15 is 0 Å². The summed E-state index contributed by atoms with van der Waals surface area (Å²) in [5.41, 5.74) is 7.61. The summed E-state index contributed by atoms with van der Waals surface area (Å²) in [7, 11) is 0. The molecule has 1 aliphatic heterocycles. The van der Waals surface area contributed by atoms with Crippen molar-refractivity contribution in [2.24, 2.45) is 4.99 Å². The molecule has 0 aromatic heterocycles. The molecule has 1 heterocycles. The van der Waals surface area contributed by atoms with Crippen molar-refractivity contribution in [2.45, 2.75) is 0 Å². The predicted octanol–water partition coefficient (Wildman–Crippen LogP) is 0.842. The fourth-order valence-corrected chi connectivity index (χ4v) is 1.08. The van der Waals surface area contributed by atoms with Crippen LogP contribution in [0.5, 0.6) is 0 Å². The Balaban J connectivity index is 2.66. The maximum Gasteiger partial charge on any atom is 0.277 e. The van der Waals surface area contributed by atoms with E-state index in [2.05, 4.69) is 4.99 Å². The van der Waals surface area contributed by atoms with Crippen molar-refractivity contribution in [1.82, 2.24) is 0 Å². The van der Waals surface area contributed by atoms with Gasteiger partial charge in [0, 0.05) is 17.5 Å². The maximum atomic E-state index is 10.9. The molecule has 0 atom stereocenters. The van der Waals surface area contributed by atoms with Gasteiger partial charge in [-0.2, -0.15) is 0 Å². The van der Waals surface area contributed by atoms with Crippen LogP contribution in [-0.2, 0) is 0 Å². The van der Waals surface area contributed by atoms with Crippen LogP contribution in [0.3, 0.4) is 0 Å². The summed E-state index contributed by atoms with van der Waals surface area (Å²) in [5.74, 6) is -0.181. The third-order valence-electron chi connectivity index (χ3n) is 1.63. The number of hydrogen-bond donors (Lipinski definition) is 1. The van der Waals surface area contributed by atoms with Crippen LogP contribution in [0.25, 0.3) is 0 Å². The van der Waals surface area contributed by atoms with Gasteiger partial charge in [0.1, 0.15) is 0 Å². The van der Waals surface area contributed by atoms with E-state index in [0.29, 0.717) is 11.3 Å². The molecule has 2 N–H and O–H groups in total. The molecule has 0 radical (unpaired) electrons. The largest absolute Gasteiger partial charge is 0.399 e. The number of rotatable bonds is 0. The van der Waals surface area contributed by atoms with E-state index in [1.54, 1.807) is 18.2 Å². The van der Waals surface area contributed by atoms with E-state index in [0.717, 1.165) is 5.56 Å². The van der Waals surface area contributed by atoms with Crippen molar-refractivity contribution in [2.75, 3.05) is 5.73 Å². The molecule has 0 fully saturated rings. The van der Waals surface area contributed by atoms with Gasteiger partial charge in [-0.15, -0.1) is 0 Å². The minimum Gasteiger partial charge on any atom is -0.399 e. The Kier molecular flexibility index (Phi) is 1.06. The summed E-state index contributed by atoms with van der Waals surface area (Å²) >= 11 is 0. The molecule has 0 aliphatic carbocycles. The molecule has 54 valence electrons. The van der Waals surface area contributed by atoms with E-state index in [1.807, 2.05) is 0 Å². The summed E-state index contributed by atoms with van der Waals surface area (Å²) in [6.45, 7) is 0. The topological polar surface area (TPSA) is 55.4 Å². The number of hydrogen-bond acceptors (Lipinski definition) is 2. The van der Waals surface area contributed by atoms with Gasteiger partial charge in [-0.05, 0) is 18.2 Å². The molecule has 1 amide bonds. The van der Waals surface area contributed by atoms with Crippen molar-refractivity contribution in [3.63, 3.8) is 0 Å². The first kappa shape index (κ1) is 6.09. The number of carbonyl (C=O) groups excluding carboxylic acids is 1. The van der Waals surface area contributed by atoms with Crippen LogP contribution in [0.2, 0.25) is 0 Å². The molecule has 1 aromatic rings. The highest BCUT2D eigenvalue weighted by molar-refractivity contribution is 6.13. The molecule has 1 aliphatic rings. The molecule has 11 heavy (non-hydrogen) atoms. The molecule has 0 bridgehead atoms. The third kappa shape index (κ3) is 0.816. The number of carbonyl (C=O) groups is 1. The molecule has 0 unspecified atom stereocenters. The number of amides is 1. The number of aliphatic imine (C=N–C) groups is 1. The zero-order valence-corrected chi connectivity index (χ0v) is 5.74. The SMILES string of the molecule is Nc1ccc2c(c1)C=NC2=O. The molecule has 2 rings (SSSR count). The normalized spacial score (nSPS) is 13.6. The molecule has 3 heteroatoms. The van der Waals surface area contributed by atoms with E-state index in [-0.39, 0.29) is 5.91 Å². The van der Waals surface area contributed by atoms with Crippen LogP contribution in [0, 0.1) is 0 Å². The van der Waals surface area contributed by atoms with Crippen LogP contribution in [-0.4, -0.2) is 12.1 Å². The second kappa shape index (κ2) is 1.92. The number of nitrogens with zero attached hydrogens (tertiary/aromatic N) is 1. The molecule has 3 nitrogen and oxygen atoms in total. The number of anilines is 1. The number of fused-ring (bicyclic) bond motifs is 1. The quantitative estimate of drug-likeness (QED) is 0.551. The fraction of sp³-hybridized carbons (Fsp3) is 0. The van der Waals surface area contributed by atoms with Gasteiger partial charge < -0.3 is 5.73 Å².